The van der Waals surface area contributed by atoms with Gasteiger partial charge in [0, 0.05) is 10.6 Å². The van der Waals surface area contributed by atoms with Crippen LogP contribution in [-0.2, 0) is 12.6 Å². The van der Waals surface area contributed by atoms with Gasteiger partial charge in [0.25, 0.3) is 0 Å². The number of hydrogen-bond acceptors (Lipinski definition) is 1. The standard InChI is InChI=1S/C12H15ClF3N/c1-11(2,17)4-3-8-5-9(12(14,15)16)7-10(13)6-8/h5-7H,3-4,17H2,1-2H3. The number of alkyl halides is 3. The molecular formula is C12H15ClF3N. The highest BCUT2D eigenvalue weighted by Crippen LogP contribution is 2.32. The molecule has 0 unspecified atom stereocenters. The average Bonchev–Trinajstić information content (AvgIpc) is 2.11. The highest BCUT2D eigenvalue weighted by Gasteiger charge is 2.31. The third-order valence-corrected chi connectivity index (χ3v) is 2.56. The fourth-order valence-corrected chi connectivity index (χ4v) is 1.68. The fraction of sp³-hybridized carbons (Fsp3) is 0.500. The van der Waals surface area contributed by atoms with Crippen LogP contribution in [0.1, 0.15) is 31.4 Å². The molecule has 1 rings (SSSR count). The van der Waals surface area contributed by atoms with Gasteiger partial charge in [-0.2, -0.15) is 13.2 Å². The maximum absolute atomic E-state index is 12.5. The smallest absolute Gasteiger partial charge is 0.326 e. The first-order valence-corrected chi connectivity index (χ1v) is 5.61. The van der Waals surface area contributed by atoms with Crippen molar-refractivity contribution >= 4 is 11.6 Å². The van der Waals surface area contributed by atoms with Gasteiger partial charge in [-0.3, -0.25) is 0 Å². The normalized spacial score (nSPS) is 12.9. The van der Waals surface area contributed by atoms with Gasteiger partial charge < -0.3 is 5.73 Å². The van der Waals surface area contributed by atoms with Gasteiger partial charge >= 0.3 is 6.18 Å². The molecule has 1 nitrogen and oxygen atoms in total. The third kappa shape index (κ3) is 4.96. The SMILES string of the molecule is CC(C)(N)CCc1cc(Cl)cc(C(F)(F)F)c1. The summed E-state index contributed by atoms with van der Waals surface area (Å²) in [6, 6.07) is 3.60. The molecule has 0 aliphatic heterocycles. The predicted molar refractivity (Wildman–Crippen MR) is 63.0 cm³/mol. The summed E-state index contributed by atoms with van der Waals surface area (Å²) >= 11 is 5.67. The van der Waals surface area contributed by atoms with E-state index < -0.39 is 17.3 Å². The minimum Gasteiger partial charge on any atom is -0.326 e. The van der Waals surface area contributed by atoms with Crippen LogP contribution in [0.25, 0.3) is 0 Å². The monoisotopic (exact) mass is 265 g/mol. The Labute approximate surface area is 104 Å². The van der Waals surface area contributed by atoms with E-state index in [4.69, 9.17) is 17.3 Å². The third-order valence-electron chi connectivity index (χ3n) is 2.34. The summed E-state index contributed by atoms with van der Waals surface area (Å²) in [7, 11) is 0. The molecule has 0 amide bonds. The minimum atomic E-state index is -4.36. The summed E-state index contributed by atoms with van der Waals surface area (Å²) in [6.45, 7) is 3.67. The second-order valence-electron chi connectivity index (χ2n) is 4.83. The van der Waals surface area contributed by atoms with E-state index in [1.807, 2.05) is 13.8 Å². The molecule has 0 atom stereocenters. The molecule has 17 heavy (non-hydrogen) atoms. The maximum Gasteiger partial charge on any atom is 0.416 e. The first-order valence-electron chi connectivity index (χ1n) is 5.23. The van der Waals surface area contributed by atoms with E-state index in [2.05, 4.69) is 0 Å². The van der Waals surface area contributed by atoms with E-state index in [9.17, 15) is 13.2 Å². The topological polar surface area (TPSA) is 26.0 Å². The summed E-state index contributed by atoms with van der Waals surface area (Å²) in [4.78, 5) is 0. The average molecular weight is 266 g/mol. The van der Waals surface area contributed by atoms with Crippen LogP contribution in [0.4, 0.5) is 13.2 Å². The molecular weight excluding hydrogens is 251 g/mol. The second-order valence-corrected chi connectivity index (χ2v) is 5.27. The van der Waals surface area contributed by atoms with Gasteiger partial charge in [0.15, 0.2) is 0 Å². The molecule has 2 N–H and O–H groups in total. The Hall–Kier alpha value is -0.740. The van der Waals surface area contributed by atoms with Gasteiger partial charge in [0.2, 0.25) is 0 Å². The van der Waals surface area contributed by atoms with Gasteiger partial charge in [-0.1, -0.05) is 11.6 Å². The Morgan fingerprint density at radius 2 is 1.76 bits per heavy atom. The zero-order chi connectivity index (χ0) is 13.3. The van der Waals surface area contributed by atoms with E-state index >= 15 is 0 Å². The van der Waals surface area contributed by atoms with E-state index in [-0.39, 0.29) is 5.02 Å². The molecule has 0 saturated heterocycles. The lowest BCUT2D eigenvalue weighted by atomic mass is 9.96. The highest BCUT2D eigenvalue weighted by molar-refractivity contribution is 6.30. The Balaban J connectivity index is 2.91. The summed E-state index contributed by atoms with van der Waals surface area (Å²) in [5, 5.41) is 0.102. The van der Waals surface area contributed by atoms with Crippen LogP contribution < -0.4 is 5.73 Å². The lowest BCUT2D eigenvalue weighted by Crippen LogP contribution is -2.32. The van der Waals surface area contributed by atoms with E-state index in [0.29, 0.717) is 18.4 Å². The molecule has 0 bridgehead atoms. The van der Waals surface area contributed by atoms with Gasteiger partial charge in [-0.25, -0.2) is 0 Å². The molecule has 0 aromatic heterocycles. The molecule has 1 aromatic carbocycles. The molecule has 96 valence electrons. The van der Waals surface area contributed by atoms with Crippen LogP contribution in [0.3, 0.4) is 0 Å². The molecule has 5 heteroatoms. The zero-order valence-electron chi connectivity index (χ0n) is 9.74. The van der Waals surface area contributed by atoms with Crippen molar-refractivity contribution in [2.75, 3.05) is 0 Å². The van der Waals surface area contributed by atoms with Crippen LogP contribution in [-0.4, -0.2) is 5.54 Å². The molecule has 0 saturated carbocycles. The van der Waals surface area contributed by atoms with E-state index in [1.165, 1.54) is 0 Å². The van der Waals surface area contributed by atoms with Gasteiger partial charge in [0.05, 0.1) is 5.56 Å². The number of halogens is 4. The van der Waals surface area contributed by atoms with Crippen molar-refractivity contribution in [3.05, 3.63) is 34.3 Å². The van der Waals surface area contributed by atoms with Crippen LogP contribution in [0.5, 0.6) is 0 Å². The van der Waals surface area contributed by atoms with Crippen LogP contribution >= 0.6 is 11.6 Å². The van der Waals surface area contributed by atoms with Crippen LogP contribution in [0.2, 0.25) is 5.02 Å². The van der Waals surface area contributed by atoms with Crippen molar-refractivity contribution in [1.82, 2.24) is 0 Å². The minimum absolute atomic E-state index is 0.102. The molecule has 0 fully saturated rings. The summed E-state index contributed by atoms with van der Waals surface area (Å²) in [6.07, 6.45) is -3.28. The highest BCUT2D eigenvalue weighted by atomic mass is 35.5. The Bertz CT molecular complexity index is 394. The van der Waals surface area contributed by atoms with Crippen LogP contribution in [0, 0.1) is 0 Å². The van der Waals surface area contributed by atoms with Crippen molar-refractivity contribution in [3.63, 3.8) is 0 Å². The first-order chi connectivity index (χ1) is 7.58. The Morgan fingerprint density at radius 3 is 2.24 bits per heavy atom. The number of benzene rings is 1. The van der Waals surface area contributed by atoms with Gasteiger partial charge in [0.1, 0.15) is 0 Å². The zero-order valence-corrected chi connectivity index (χ0v) is 10.5. The maximum atomic E-state index is 12.5. The van der Waals surface area contributed by atoms with Crippen molar-refractivity contribution < 1.29 is 13.2 Å². The summed E-state index contributed by atoms with van der Waals surface area (Å²) in [5.74, 6) is 0. The van der Waals surface area contributed by atoms with Gasteiger partial charge in [-0.05, 0) is 50.5 Å². The van der Waals surface area contributed by atoms with E-state index in [1.54, 1.807) is 6.07 Å². The number of nitrogens with two attached hydrogens (primary N) is 1. The quantitative estimate of drug-likeness (QED) is 0.877. The van der Waals surface area contributed by atoms with Crippen molar-refractivity contribution in [3.8, 4) is 0 Å². The molecule has 0 aliphatic rings. The summed E-state index contributed by atoms with van der Waals surface area (Å²) in [5.41, 5.74) is 5.23. The Morgan fingerprint density at radius 1 is 1.18 bits per heavy atom. The number of hydrogen-bond donors (Lipinski definition) is 1. The lowest BCUT2D eigenvalue weighted by molar-refractivity contribution is -0.137. The second kappa shape index (κ2) is 4.86. The Kier molecular flexibility index (Phi) is 4.10. The molecule has 0 aliphatic carbocycles. The number of aryl methyl sites for hydroxylation is 1. The van der Waals surface area contributed by atoms with Gasteiger partial charge in [-0.15, -0.1) is 0 Å². The molecule has 1 aromatic rings. The van der Waals surface area contributed by atoms with Crippen LogP contribution in [0.15, 0.2) is 18.2 Å². The molecule has 0 radical (unpaired) electrons. The lowest BCUT2D eigenvalue weighted by Gasteiger charge is -2.18. The van der Waals surface area contributed by atoms with E-state index in [0.717, 1.165) is 12.1 Å². The predicted octanol–water partition coefficient (Wildman–Crippen LogP) is 4.03. The van der Waals surface area contributed by atoms with Crippen molar-refractivity contribution in [2.45, 2.75) is 38.4 Å². The molecule has 0 heterocycles. The number of rotatable bonds is 3. The fourth-order valence-electron chi connectivity index (χ4n) is 1.42. The van der Waals surface area contributed by atoms with Crippen molar-refractivity contribution in [1.29, 1.82) is 0 Å². The summed E-state index contributed by atoms with van der Waals surface area (Å²) < 4.78 is 37.6. The molecule has 0 spiro atoms. The first kappa shape index (κ1) is 14.3. The van der Waals surface area contributed by atoms with Crippen molar-refractivity contribution in [2.24, 2.45) is 5.73 Å². The largest absolute Gasteiger partial charge is 0.416 e.